The van der Waals surface area contributed by atoms with Crippen molar-refractivity contribution in [3.63, 3.8) is 0 Å². The first-order valence-electron chi connectivity index (χ1n) is 7.58. The molecule has 5 heteroatoms. The van der Waals surface area contributed by atoms with E-state index in [9.17, 15) is 4.79 Å². The van der Waals surface area contributed by atoms with Crippen LogP contribution in [0.2, 0.25) is 0 Å². The summed E-state index contributed by atoms with van der Waals surface area (Å²) in [6.07, 6.45) is 2.27. The van der Waals surface area contributed by atoms with E-state index >= 15 is 0 Å². The molecule has 0 atom stereocenters. The standard InChI is InChI=1S/C16H25N3O2/c1-18(13-16(20)19-8-4-5-9-19)10-11-21-15-7-3-2-6-14(15)12-17/h2-3,6-7H,4-5,8-13,17H2,1H3. The van der Waals surface area contributed by atoms with Gasteiger partial charge < -0.3 is 15.4 Å². The van der Waals surface area contributed by atoms with Crippen LogP contribution in [0.25, 0.3) is 0 Å². The molecule has 1 aromatic carbocycles. The molecule has 21 heavy (non-hydrogen) atoms. The van der Waals surface area contributed by atoms with Gasteiger partial charge in [0.05, 0.1) is 6.54 Å². The van der Waals surface area contributed by atoms with Gasteiger partial charge in [-0.25, -0.2) is 0 Å². The third-order valence-corrected chi connectivity index (χ3v) is 3.79. The summed E-state index contributed by atoms with van der Waals surface area (Å²) in [5.74, 6) is 1.05. The third-order valence-electron chi connectivity index (χ3n) is 3.79. The topological polar surface area (TPSA) is 58.8 Å². The molecule has 0 aromatic heterocycles. The summed E-state index contributed by atoms with van der Waals surface area (Å²) in [6, 6.07) is 7.79. The second-order valence-corrected chi connectivity index (χ2v) is 5.49. The smallest absolute Gasteiger partial charge is 0.236 e. The Morgan fingerprint density at radius 2 is 2.05 bits per heavy atom. The Balaban J connectivity index is 1.71. The molecule has 1 aromatic rings. The van der Waals surface area contributed by atoms with Crippen molar-refractivity contribution in [2.24, 2.45) is 5.73 Å². The van der Waals surface area contributed by atoms with Crippen molar-refractivity contribution in [3.05, 3.63) is 29.8 Å². The molecular weight excluding hydrogens is 266 g/mol. The summed E-state index contributed by atoms with van der Waals surface area (Å²) in [4.78, 5) is 16.0. The monoisotopic (exact) mass is 291 g/mol. The predicted octanol–water partition coefficient (Wildman–Crippen LogP) is 1.08. The molecule has 1 fully saturated rings. The lowest BCUT2D eigenvalue weighted by Crippen LogP contribution is -2.38. The molecule has 0 saturated carbocycles. The quantitative estimate of drug-likeness (QED) is 0.816. The number of para-hydroxylation sites is 1. The molecule has 0 spiro atoms. The Hall–Kier alpha value is -1.59. The normalized spacial score (nSPS) is 14.7. The second-order valence-electron chi connectivity index (χ2n) is 5.49. The van der Waals surface area contributed by atoms with Crippen molar-refractivity contribution < 1.29 is 9.53 Å². The lowest BCUT2D eigenvalue weighted by Gasteiger charge is -2.21. The van der Waals surface area contributed by atoms with E-state index in [1.807, 2.05) is 41.1 Å². The molecule has 1 amide bonds. The molecule has 1 aliphatic rings. The first-order valence-corrected chi connectivity index (χ1v) is 7.58. The summed E-state index contributed by atoms with van der Waals surface area (Å²) in [5, 5.41) is 0. The van der Waals surface area contributed by atoms with E-state index in [4.69, 9.17) is 10.5 Å². The SMILES string of the molecule is CN(CCOc1ccccc1CN)CC(=O)N1CCCC1. The van der Waals surface area contributed by atoms with Crippen LogP contribution >= 0.6 is 0 Å². The van der Waals surface area contributed by atoms with Crippen LogP contribution in [-0.4, -0.2) is 55.5 Å². The first-order chi connectivity index (χ1) is 10.2. The zero-order chi connectivity index (χ0) is 15.1. The largest absolute Gasteiger partial charge is 0.492 e. The molecular formula is C16H25N3O2. The predicted molar refractivity (Wildman–Crippen MR) is 83.1 cm³/mol. The van der Waals surface area contributed by atoms with E-state index in [1.54, 1.807) is 0 Å². The maximum atomic E-state index is 12.0. The van der Waals surface area contributed by atoms with Gasteiger partial charge in [0.2, 0.25) is 5.91 Å². The van der Waals surface area contributed by atoms with Crippen molar-refractivity contribution in [1.82, 2.24) is 9.80 Å². The van der Waals surface area contributed by atoms with Gasteiger partial charge in [0.25, 0.3) is 0 Å². The van der Waals surface area contributed by atoms with Crippen LogP contribution in [0.15, 0.2) is 24.3 Å². The molecule has 0 unspecified atom stereocenters. The van der Waals surface area contributed by atoms with E-state index < -0.39 is 0 Å². The highest BCUT2D eigenvalue weighted by molar-refractivity contribution is 5.78. The van der Waals surface area contributed by atoms with Crippen LogP contribution in [0, 0.1) is 0 Å². The van der Waals surface area contributed by atoms with Gasteiger partial charge in [0.15, 0.2) is 0 Å². The molecule has 2 rings (SSSR count). The van der Waals surface area contributed by atoms with E-state index in [2.05, 4.69) is 0 Å². The Labute approximate surface area is 126 Å². The van der Waals surface area contributed by atoms with Crippen molar-refractivity contribution >= 4 is 5.91 Å². The van der Waals surface area contributed by atoms with Gasteiger partial charge in [-0.1, -0.05) is 18.2 Å². The van der Waals surface area contributed by atoms with Crippen LogP contribution in [0.4, 0.5) is 0 Å². The van der Waals surface area contributed by atoms with E-state index in [0.717, 1.165) is 43.8 Å². The van der Waals surface area contributed by atoms with E-state index in [-0.39, 0.29) is 5.91 Å². The Kier molecular flexibility index (Phi) is 6.02. The highest BCUT2D eigenvalue weighted by Gasteiger charge is 2.18. The van der Waals surface area contributed by atoms with Crippen molar-refractivity contribution in [2.45, 2.75) is 19.4 Å². The Bertz CT molecular complexity index is 459. The van der Waals surface area contributed by atoms with Crippen molar-refractivity contribution in [2.75, 3.05) is 39.8 Å². The lowest BCUT2D eigenvalue weighted by molar-refractivity contribution is -0.131. The van der Waals surface area contributed by atoms with Crippen LogP contribution in [0.3, 0.4) is 0 Å². The van der Waals surface area contributed by atoms with E-state index in [0.29, 0.717) is 19.7 Å². The van der Waals surface area contributed by atoms with Crippen LogP contribution < -0.4 is 10.5 Å². The minimum Gasteiger partial charge on any atom is -0.492 e. The van der Waals surface area contributed by atoms with Crippen molar-refractivity contribution in [1.29, 1.82) is 0 Å². The molecule has 2 N–H and O–H groups in total. The number of likely N-dealkylation sites (N-methyl/N-ethyl adjacent to an activating group) is 1. The fourth-order valence-electron chi connectivity index (χ4n) is 2.50. The van der Waals surface area contributed by atoms with Gasteiger partial charge in [-0.2, -0.15) is 0 Å². The zero-order valence-electron chi connectivity index (χ0n) is 12.8. The maximum absolute atomic E-state index is 12.0. The Morgan fingerprint density at radius 1 is 1.33 bits per heavy atom. The number of carbonyl (C=O) groups excluding carboxylic acids is 1. The fourth-order valence-corrected chi connectivity index (χ4v) is 2.50. The molecule has 116 valence electrons. The van der Waals surface area contributed by atoms with Gasteiger partial charge >= 0.3 is 0 Å². The lowest BCUT2D eigenvalue weighted by atomic mass is 10.2. The van der Waals surface area contributed by atoms with Crippen molar-refractivity contribution in [3.8, 4) is 5.75 Å². The molecule has 1 saturated heterocycles. The van der Waals surface area contributed by atoms with Gasteiger partial charge in [0, 0.05) is 31.7 Å². The molecule has 1 aliphatic heterocycles. The number of carbonyl (C=O) groups is 1. The number of benzene rings is 1. The minimum absolute atomic E-state index is 0.220. The molecule has 0 bridgehead atoms. The fraction of sp³-hybridized carbons (Fsp3) is 0.562. The number of ether oxygens (including phenoxy) is 1. The number of nitrogens with two attached hydrogens (primary N) is 1. The molecule has 0 aliphatic carbocycles. The van der Waals surface area contributed by atoms with E-state index in [1.165, 1.54) is 0 Å². The van der Waals surface area contributed by atoms with Gasteiger partial charge in [-0.05, 0) is 26.0 Å². The first kappa shape index (κ1) is 15.8. The number of nitrogens with zero attached hydrogens (tertiary/aromatic N) is 2. The zero-order valence-corrected chi connectivity index (χ0v) is 12.8. The number of hydrogen-bond acceptors (Lipinski definition) is 4. The van der Waals surface area contributed by atoms with Crippen LogP contribution in [-0.2, 0) is 11.3 Å². The number of amides is 1. The van der Waals surface area contributed by atoms with Gasteiger partial charge in [0.1, 0.15) is 12.4 Å². The average Bonchev–Trinajstić information content (AvgIpc) is 3.02. The highest BCUT2D eigenvalue weighted by Crippen LogP contribution is 2.16. The molecule has 0 radical (unpaired) electrons. The van der Waals surface area contributed by atoms with Gasteiger partial charge in [-0.3, -0.25) is 9.69 Å². The Morgan fingerprint density at radius 3 is 2.76 bits per heavy atom. The number of hydrogen-bond donors (Lipinski definition) is 1. The molecule has 5 nitrogen and oxygen atoms in total. The third kappa shape index (κ3) is 4.72. The average molecular weight is 291 g/mol. The highest BCUT2D eigenvalue weighted by atomic mass is 16.5. The summed E-state index contributed by atoms with van der Waals surface area (Å²) >= 11 is 0. The van der Waals surface area contributed by atoms with Crippen LogP contribution in [0.5, 0.6) is 5.75 Å². The summed E-state index contributed by atoms with van der Waals surface area (Å²) in [7, 11) is 1.95. The number of rotatable bonds is 7. The van der Waals surface area contributed by atoms with Gasteiger partial charge in [-0.15, -0.1) is 0 Å². The van der Waals surface area contributed by atoms with Crippen LogP contribution in [0.1, 0.15) is 18.4 Å². The minimum atomic E-state index is 0.220. The summed E-state index contributed by atoms with van der Waals surface area (Å²) < 4.78 is 5.76. The number of likely N-dealkylation sites (tertiary alicyclic amines) is 1. The molecule has 1 heterocycles. The summed E-state index contributed by atoms with van der Waals surface area (Å²) in [6.45, 7) is 4.03. The summed E-state index contributed by atoms with van der Waals surface area (Å²) in [5.41, 5.74) is 6.68. The maximum Gasteiger partial charge on any atom is 0.236 e. The second kappa shape index (κ2) is 8.00.